The molecule has 0 aliphatic heterocycles. The third-order valence-electron chi connectivity index (χ3n) is 2.21. The second kappa shape index (κ2) is 4.15. The molecule has 0 aliphatic carbocycles. The normalized spacial score (nSPS) is 11.4. The molecule has 1 aromatic carbocycles. The molecule has 1 aromatic heterocycles. The van der Waals surface area contributed by atoms with Gasteiger partial charge >= 0.3 is 0 Å². The average molecular weight is 251 g/mol. The smallest absolute Gasteiger partial charge is 0.228 e. The van der Waals surface area contributed by atoms with E-state index in [1.807, 2.05) is 0 Å². The number of phenols is 1. The Labute approximate surface area is 98.3 Å². The number of aromatic nitrogens is 1. The fourth-order valence-electron chi connectivity index (χ4n) is 1.48. The summed E-state index contributed by atoms with van der Waals surface area (Å²) >= 11 is 0. The first kappa shape index (κ1) is 11.6. The van der Waals surface area contributed by atoms with E-state index >= 15 is 0 Å². The zero-order valence-corrected chi connectivity index (χ0v) is 9.46. The van der Waals surface area contributed by atoms with Gasteiger partial charge in [0.1, 0.15) is 20.8 Å². The molecule has 2 aromatic rings. The van der Waals surface area contributed by atoms with E-state index in [2.05, 4.69) is 0 Å². The van der Waals surface area contributed by atoms with Crippen LogP contribution in [0.4, 0.5) is 0 Å². The summed E-state index contributed by atoms with van der Waals surface area (Å²) in [5.41, 5.74) is 0.207. The molecule has 1 heterocycles. The third-order valence-corrected chi connectivity index (χ3v) is 3.07. The third kappa shape index (κ3) is 2.43. The molecule has 0 unspecified atom stereocenters. The Morgan fingerprint density at radius 1 is 1.12 bits per heavy atom. The van der Waals surface area contributed by atoms with Gasteiger partial charge < -0.3 is 9.66 Å². The van der Waals surface area contributed by atoms with Gasteiger partial charge in [0, 0.05) is 24.3 Å². The maximum absolute atomic E-state index is 11.1. The van der Waals surface area contributed by atoms with E-state index in [0.29, 0.717) is 0 Å². The minimum atomic E-state index is -4.63. The number of hydrogen-bond donors (Lipinski definition) is 1. The summed E-state index contributed by atoms with van der Waals surface area (Å²) in [7, 11) is -4.63. The van der Waals surface area contributed by atoms with Gasteiger partial charge in [-0.3, -0.25) is 0 Å². The SMILES string of the molecule is O=S(=O)([O-])c1cc(O)ccc1-[n+]1ccccc1. The Hall–Kier alpha value is -1.92. The molecule has 0 aliphatic rings. The Kier molecular flexibility index (Phi) is 2.83. The second-order valence-electron chi connectivity index (χ2n) is 3.39. The molecule has 0 bridgehead atoms. The summed E-state index contributed by atoms with van der Waals surface area (Å²) < 4.78 is 34.8. The lowest BCUT2D eigenvalue weighted by molar-refractivity contribution is -0.598. The van der Waals surface area contributed by atoms with Crippen molar-refractivity contribution in [2.75, 3.05) is 0 Å². The lowest BCUT2D eigenvalue weighted by atomic mass is 10.3. The molecule has 1 N–H and O–H groups in total. The predicted molar refractivity (Wildman–Crippen MR) is 57.6 cm³/mol. The monoisotopic (exact) mass is 251 g/mol. The lowest BCUT2D eigenvalue weighted by Crippen LogP contribution is -2.31. The minimum Gasteiger partial charge on any atom is -0.744 e. The van der Waals surface area contributed by atoms with Gasteiger partial charge in [-0.15, -0.1) is 0 Å². The van der Waals surface area contributed by atoms with Crippen LogP contribution < -0.4 is 4.57 Å². The van der Waals surface area contributed by atoms with E-state index in [9.17, 15) is 18.1 Å². The number of pyridine rings is 1. The Morgan fingerprint density at radius 2 is 1.76 bits per heavy atom. The first-order valence-corrected chi connectivity index (χ1v) is 6.15. The maximum atomic E-state index is 11.1. The van der Waals surface area contributed by atoms with Crippen LogP contribution in [0.3, 0.4) is 0 Å². The zero-order chi connectivity index (χ0) is 12.5. The van der Waals surface area contributed by atoms with Crippen LogP contribution in [-0.4, -0.2) is 18.1 Å². The summed E-state index contributed by atoms with van der Waals surface area (Å²) in [6.45, 7) is 0. The lowest BCUT2D eigenvalue weighted by Gasteiger charge is -2.09. The second-order valence-corrected chi connectivity index (χ2v) is 4.74. The van der Waals surface area contributed by atoms with Crippen molar-refractivity contribution < 1.29 is 22.6 Å². The van der Waals surface area contributed by atoms with Gasteiger partial charge in [0.2, 0.25) is 5.69 Å². The van der Waals surface area contributed by atoms with Crippen molar-refractivity contribution in [3.8, 4) is 11.4 Å². The molecule has 5 nitrogen and oxygen atoms in total. The van der Waals surface area contributed by atoms with Crippen LogP contribution in [0.1, 0.15) is 0 Å². The van der Waals surface area contributed by atoms with Crippen molar-refractivity contribution in [3.05, 3.63) is 48.8 Å². The van der Waals surface area contributed by atoms with Crippen molar-refractivity contribution in [2.45, 2.75) is 4.90 Å². The van der Waals surface area contributed by atoms with Crippen molar-refractivity contribution >= 4 is 10.1 Å². The van der Waals surface area contributed by atoms with Gasteiger partial charge in [-0.05, 0) is 6.07 Å². The first-order valence-electron chi connectivity index (χ1n) is 4.74. The van der Waals surface area contributed by atoms with Gasteiger partial charge in [-0.1, -0.05) is 6.07 Å². The van der Waals surface area contributed by atoms with Gasteiger partial charge in [-0.25, -0.2) is 8.42 Å². The van der Waals surface area contributed by atoms with E-state index < -0.39 is 15.0 Å². The molecule has 2 rings (SSSR count). The van der Waals surface area contributed by atoms with Gasteiger partial charge in [0.25, 0.3) is 0 Å². The molecular formula is C11H9NO4S. The molecule has 17 heavy (non-hydrogen) atoms. The standard InChI is InChI=1S/C11H9NO4S/c13-9-4-5-10(11(8-9)17(14,15)16)12-6-2-1-3-7-12/h1-8H,(H-,13,14,15,16). The van der Waals surface area contributed by atoms with Crippen LogP contribution >= 0.6 is 0 Å². The molecule has 0 fully saturated rings. The quantitative estimate of drug-likeness (QED) is 0.625. The highest BCUT2D eigenvalue weighted by Crippen LogP contribution is 2.20. The molecular weight excluding hydrogens is 242 g/mol. The fraction of sp³-hybridized carbons (Fsp3) is 0. The van der Waals surface area contributed by atoms with E-state index in [1.165, 1.54) is 16.7 Å². The van der Waals surface area contributed by atoms with Gasteiger partial charge in [-0.2, -0.15) is 4.57 Å². The van der Waals surface area contributed by atoms with Gasteiger partial charge in [0.05, 0.1) is 0 Å². The van der Waals surface area contributed by atoms with Crippen molar-refractivity contribution in [3.63, 3.8) is 0 Å². The molecule has 0 radical (unpaired) electrons. The first-order chi connectivity index (χ1) is 7.98. The average Bonchev–Trinajstić information content (AvgIpc) is 2.29. The Bertz CT molecular complexity index is 638. The molecule has 88 valence electrons. The summed E-state index contributed by atoms with van der Waals surface area (Å²) in [5, 5.41) is 9.24. The highest BCUT2D eigenvalue weighted by atomic mass is 32.2. The van der Waals surface area contributed by atoms with Crippen LogP contribution in [0.2, 0.25) is 0 Å². The highest BCUT2D eigenvalue weighted by molar-refractivity contribution is 7.85. The number of aromatic hydroxyl groups is 1. The minimum absolute atomic E-state index is 0.207. The molecule has 0 atom stereocenters. The number of phenolic OH excluding ortho intramolecular Hbond substituents is 1. The van der Waals surface area contributed by atoms with Crippen molar-refractivity contribution in [1.29, 1.82) is 0 Å². The number of rotatable bonds is 2. The predicted octanol–water partition coefficient (Wildman–Crippen LogP) is 0.573. The largest absolute Gasteiger partial charge is 0.744 e. The number of benzene rings is 1. The van der Waals surface area contributed by atoms with E-state index in [-0.39, 0.29) is 11.4 Å². The van der Waals surface area contributed by atoms with E-state index in [1.54, 1.807) is 30.6 Å². The number of nitrogens with zero attached hydrogens (tertiary/aromatic N) is 1. The summed E-state index contributed by atoms with van der Waals surface area (Å²) in [6, 6.07) is 8.81. The van der Waals surface area contributed by atoms with Crippen LogP contribution in [0, 0.1) is 0 Å². The number of hydrogen-bond acceptors (Lipinski definition) is 4. The summed E-state index contributed by atoms with van der Waals surface area (Å²) in [6.07, 6.45) is 3.22. The van der Waals surface area contributed by atoms with Crippen LogP contribution in [0.25, 0.3) is 5.69 Å². The van der Waals surface area contributed by atoms with E-state index in [0.717, 1.165) is 6.07 Å². The van der Waals surface area contributed by atoms with Crippen LogP contribution in [0.5, 0.6) is 5.75 Å². The zero-order valence-electron chi connectivity index (χ0n) is 8.65. The van der Waals surface area contributed by atoms with Crippen LogP contribution in [0.15, 0.2) is 53.7 Å². The Morgan fingerprint density at radius 3 is 2.35 bits per heavy atom. The fourth-order valence-corrected chi connectivity index (χ4v) is 2.17. The summed E-state index contributed by atoms with van der Waals surface area (Å²) in [4.78, 5) is -0.450. The Balaban J connectivity index is 2.71. The summed E-state index contributed by atoms with van der Waals surface area (Å²) in [5.74, 6) is -0.264. The molecule has 0 saturated carbocycles. The van der Waals surface area contributed by atoms with Gasteiger partial charge in [0.15, 0.2) is 12.4 Å². The van der Waals surface area contributed by atoms with E-state index in [4.69, 9.17) is 0 Å². The molecule has 0 saturated heterocycles. The molecule has 0 amide bonds. The van der Waals surface area contributed by atoms with Crippen molar-refractivity contribution in [1.82, 2.24) is 0 Å². The molecule has 0 spiro atoms. The highest BCUT2D eigenvalue weighted by Gasteiger charge is 2.17. The maximum Gasteiger partial charge on any atom is 0.228 e. The van der Waals surface area contributed by atoms with Crippen molar-refractivity contribution in [2.24, 2.45) is 0 Å². The molecule has 6 heteroatoms. The van der Waals surface area contributed by atoms with Crippen LogP contribution in [-0.2, 0) is 10.1 Å². The topological polar surface area (TPSA) is 81.3 Å².